The summed E-state index contributed by atoms with van der Waals surface area (Å²) in [6.07, 6.45) is 9.57. The Kier molecular flexibility index (Phi) is 2.64. The average molecular weight is 299 g/mol. The average Bonchev–Trinajstić information content (AvgIpc) is 3.20. The van der Waals surface area contributed by atoms with E-state index in [0.29, 0.717) is 0 Å². The molecule has 4 aromatic rings. The maximum Gasteiger partial charge on any atom is 0.193 e. The van der Waals surface area contributed by atoms with Gasteiger partial charge in [0.15, 0.2) is 10.8 Å². The molecule has 0 aromatic carbocycles. The summed E-state index contributed by atoms with van der Waals surface area (Å²) in [5, 5.41) is 10.4. The molecule has 7 nitrogen and oxygen atoms in total. The number of aromatic nitrogens is 7. The molecular weight excluding hydrogens is 286 g/mol. The summed E-state index contributed by atoms with van der Waals surface area (Å²) >= 11 is 1.62. The first-order chi connectivity index (χ1) is 10.2. The molecule has 0 amide bonds. The van der Waals surface area contributed by atoms with Gasteiger partial charge in [0.25, 0.3) is 0 Å². The minimum absolute atomic E-state index is 0.0265. The number of nitrogens with zero attached hydrogens (tertiary/aromatic N) is 7. The largest absolute Gasteiger partial charge is 0.333 e. The number of hydrogen-bond donors (Lipinski definition) is 0. The molecule has 0 spiro atoms. The van der Waals surface area contributed by atoms with Crippen molar-refractivity contribution >= 4 is 16.3 Å². The summed E-state index contributed by atoms with van der Waals surface area (Å²) in [5.74, 6) is 0.805. The van der Waals surface area contributed by atoms with Gasteiger partial charge in [0.1, 0.15) is 5.69 Å². The van der Waals surface area contributed by atoms with Crippen LogP contribution in [0.15, 0.2) is 36.4 Å². The van der Waals surface area contributed by atoms with Crippen molar-refractivity contribution in [1.29, 1.82) is 0 Å². The van der Waals surface area contributed by atoms with Crippen molar-refractivity contribution in [2.75, 3.05) is 0 Å². The van der Waals surface area contributed by atoms with Gasteiger partial charge in [-0.2, -0.15) is 0 Å². The van der Waals surface area contributed by atoms with Crippen LogP contribution in [0.25, 0.3) is 16.5 Å². The van der Waals surface area contributed by atoms with Crippen LogP contribution in [0.3, 0.4) is 0 Å². The van der Waals surface area contributed by atoms with Crippen molar-refractivity contribution in [3.05, 3.63) is 42.1 Å². The highest BCUT2D eigenvalue weighted by atomic mass is 32.1. The Morgan fingerprint density at radius 3 is 2.90 bits per heavy atom. The summed E-state index contributed by atoms with van der Waals surface area (Å²) in [6, 6.07) is 0.0265. The molecule has 0 unspecified atom stereocenters. The van der Waals surface area contributed by atoms with E-state index in [-0.39, 0.29) is 6.04 Å². The summed E-state index contributed by atoms with van der Waals surface area (Å²) in [5.41, 5.74) is 1.73. The fourth-order valence-electron chi connectivity index (χ4n) is 2.26. The van der Waals surface area contributed by atoms with Gasteiger partial charge in [-0.1, -0.05) is 5.21 Å². The number of rotatable bonds is 3. The second-order valence-corrected chi connectivity index (χ2v) is 5.75. The van der Waals surface area contributed by atoms with E-state index in [4.69, 9.17) is 0 Å². The molecule has 0 saturated heterocycles. The lowest BCUT2D eigenvalue weighted by molar-refractivity contribution is 0.534. The Labute approximate surface area is 124 Å². The third-order valence-corrected chi connectivity index (χ3v) is 4.27. The Balaban J connectivity index is 1.68. The molecule has 0 aliphatic heterocycles. The third kappa shape index (κ3) is 1.95. The van der Waals surface area contributed by atoms with Gasteiger partial charge in [-0.3, -0.25) is 4.40 Å². The molecule has 0 N–H and O–H groups in total. The quantitative estimate of drug-likeness (QED) is 0.580. The number of imidazole rings is 2. The normalized spacial score (nSPS) is 13.0. The van der Waals surface area contributed by atoms with Gasteiger partial charge in [0, 0.05) is 37.2 Å². The van der Waals surface area contributed by atoms with Crippen LogP contribution >= 0.6 is 11.3 Å². The number of fused-ring (bicyclic) bond motifs is 1. The van der Waals surface area contributed by atoms with Crippen molar-refractivity contribution in [1.82, 2.24) is 33.9 Å². The molecule has 4 heterocycles. The molecule has 0 saturated carbocycles. The highest BCUT2D eigenvalue weighted by Gasteiger charge is 2.16. The Morgan fingerprint density at radius 1 is 1.24 bits per heavy atom. The van der Waals surface area contributed by atoms with Crippen LogP contribution in [0.2, 0.25) is 0 Å². The second kappa shape index (κ2) is 4.52. The van der Waals surface area contributed by atoms with Crippen LogP contribution in [0.1, 0.15) is 18.7 Å². The first-order valence-electron chi connectivity index (χ1n) is 6.54. The van der Waals surface area contributed by atoms with E-state index in [9.17, 15) is 0 Å². The highest BCUT2D eigenvalue weighted by Crippen LogP contribution is 2.21. The van der Waals surface area contributed by atoms with E-state index >= 15 is 0 Å². The topological polar surface area (TPSA) is 65.8 Å². The van der Waals surface area contributed by atoms with Gasteiger partial charge >= 0.3 is 0 Å². The van der Waals surface area contributed by atoms with Gasteiger partial charge in [-0.05, 0) is 6.92 Å². The fraction of sp³-hybridized carbons (Fsp3) is 0.231. The van der Waals surface area contributed by atoms with E-state index in [2.05, 4.69) is 27.2 Å². The molecule has 0 aliphatic carbocycles. The second-order valence-electron chi connectivity index (χ2n) is 4.88. The lowest BCUT2D eigenvalue weighted by Crippen LogP contribution is -2.07. The van der Waals surface area contributed by atoms with Crippen LogP contribution in [0.4, 0.5) is 0 Å². The smallest absolute Gasteiger partial charge is 0.193 e. The first kappa shape index (κ1) is 12.3. The van der Waals surface area contributed by atoms with Gasteiger partial charge in [0.2, 0.25) is 0 Å². The van der Waals surface area contributed by atoms with E-state index in [1.807, 2.05) is 50.9 Å². The van der Waals surface area contributed by atoms with Crippen LogP contribution in [-0.2, 0) is 7.05 Å². The molecule has 1 atom stereocenters. The summed E-state index contributed by atoms with van der Waals surface area (Å²) in [7, 11) is 1.94. The maximum atomic E-state index is 4.61. The first-order valence-corrected chi connectivity index (χ1v) is 7.42. The highest BCUT2D eigenvalue weighted by molar-refractivity contribution is 7.15. The maximum absolute atomic E-state index is 4.61. The monoisotopic (exact) mass is 299 g/mol. The van der Waals surface area contributed by atoms with Crippen molar-refractivity contribution in [3.8, 4) is 11.5 Å². The zero-order valence-corrected chi connectivity index (χ0v) is 12.4. The van der Waals surface area contributed by atoms with Crippen molar-refractivity contribution in [3.63, 3.8) is 0 Å². The SMILES string of the molecule is C[C@H](c1cn2ccsc2n1)n1cc(-c2nccn2C)nn1. The summed E-state index contributed by atoms with van der Waals surface area (Å²) < 4.78 is 5.76. The fourth-order valence-corrected chi connectivity index (χ4v) is 2.97. The van der Waals surface area contributed by atoms with Crippen molar-refractivity contribution < 1.29 is 0 Å². The standard InChI is InChI=1S/C13H13N7S/c1-9(10-7-19-5-6-21-13(19)15-10)20-8-11(16-17-20)12-14-3-4-18(12)2/h3-9H,1-2H3/t9-/m1/s1. The Morgan fingerprint density at radius 2 is 2.14 bits per heavy atom. The number of thiazole rings is 1. The van der Waals surface area contributed by atoms with Crippen LogP contribution < -0.4 is 0 Å². The lowest BCUT2D eigenvalue weighted by atomic mass is 10.2. The molecule has 0 aliphatic rings. The predicted molar refractivity (Wildman–Crippen MR) is 79.1 cm³/mol. The molecular formula is C13H13N7S. The van der Waals surface area contributed by atoms with Crippen molar-refractivity contribution in [2.24, 2.45) is 7.05 Å². The summed E-state index contributed by atoms with van der Waals surface area (Å²) in [4.78, 5) is 9.88. The molecule has 0 fully saturated rings. The number of aryl methyl sites for hydroxylation is 1. The van der Waals surface area contributed by atoms with E-state index in [1.165, 1.54) is 0 Å². The Bertz CT molecular complexity index is 868. The van der Waals surface area contributed by atoms with Gasteiger partial charge in [-0.15, -0.1) is 16.4 Å². The van der Waals surface area contributed by atoms with Gasteiger partial charge < -0.3 is 4.57 Å². The van der Waals surface area contributed by atoms with E-state index in [0.717, 1.165) is 22.2 Å². The predicted octanol–water partition coefficient (Wildman–Crippen LogP) is 2.00. The minimum atomic E-state index is 0.0265. The molecule has 0 radical (unpaired) electrons. The lowest BCUT2D eigenvalue weighted by Gasteiger charge is -2.07. The molecule has 4 aromatic heterocycles. The van der Waals surface area contributed by atoms with E-state index in [1.54, 1.807) is 17.5 Å². The van der Waals surface area contributed by atoms with Gasteiger partial charge in [-0.25, -0.2) is 14.6 Å². The molecule has 4 rings (SSSR count). The molecule has 8 heteroatoms. The summed E-state index contributed by atoms with van der Waals surface area (Å²) in [6.45, 7) is 2.06. The third-order valence-electron chi connectivity index (χ3n) is 3.50. The van der Waals surface area contributed by atoms with Crippen molar-refractivity contribution in [2.45, 2.75) is 13.0 Å². The molecule has 0 bridgehead atoms. The molecule has 21 heavy (non-hydrogen) atoms. The Hall–Kier alpha value is -2.48. The zero-order valence-electron chi connectivity index (χ0n) is 11.6. The van der Waals surface area contributed by atoms with Gasteiger partial charge in [0.05, 0.1) is 17.9 Å². The number of hydrogen-bond acceptors (Lipinski definition) is 5. The van der Waals surface area contributed by atoms with Crippen LogP contribution in [0.5, 0.6) is 0 Å². The minimum Gasteiger partial charge on any atom is -0.333 e. The zero-order chi connectivity index (χ0) is 14.4. The molecule has 106 valence electrons. The van der Waals surface area contributed by atoms with E-state index < -0.39 is 0 Å². The van der Waals surface area contributed by atoms with Crippen LogP contribution in [-0.4, -0.2) is 33.9 Å². The van der Waals surface area contributed by atoms with Crippen LogP contribution in [0, 0.1) is 0 Å².